The van der Waals surface area contributed by atoms with Crippen LogP contribution in [-0.2, 0) is 11.2 Å². The molecule has 0 bridgehead atoms. The Kier molecular flexibility index (Phi) is 3.91. The third kappa shape index (κ3) is 3.31. The minimum absolute atomic E-state index is 0.423. The van der Waals surface area contributed by atoms with E-state index in [2.05, 4.69) is 10.3 Å². The number of carboxylic acid groups (broad SMARTS) is 1. The third-order valence-electron chi connectivity index (χ3n) is 2.57. The van der Waals surface area contributed by atoms with Gasteiger partial charge < -0.3 is 10.4 Å². The van der Waals surface area contributed by atoms with Gasteiger partial charge in [0.25, 0.3) is 0 Å². The van der Waals surface area contributed by atoms with E-state index in [1.807, 2.05) is 36.4 Å². The fraction of sp³-hybridized carbons (Fsp3) is 0.143. The van der Waals surface area contributed by atoms with Crippen molar-refractivity contribution < 1.29 is 9.90 Å². The summed E-state index contributed by atoms with van der Waals surface area (Å²) in [6.07, 6.45) is 2.05. The molecule has 2 rings (SSSR count). The Balaban J connectivity index is 2.08. The SMILES string of the molecule is O=C(O)[C@H](Cc1ccccc1)Nc1ccccn1. The van der Waals surface area contributed by atoms with E-state index in [0.29, 0.717) is 12.2 Å². The summed E-state index contributed by atoms with van der Waals surface area (Å²) in [7, 11) is 0. The number of nitrogens with zero attached hydrogens (tertiary/aromatic N) is 1. The number of hydrogen-bond acceptors (Lipinski definition) is 3. The first kappa shape index (κ1) is 12.1. The largest absolute Gasteiger partial charge is 0.480 e. The lowest BCUT2D eigenvalue weighted by Crippen LogP contribution is -2.31. The molecule has 1 aromatic carbocycles. The fourth-order valence-corrected chi connectivity index (χ4v) is 1.68. The topological polar surface area (TPSA) is 62.2 Å². The molecule has 0 fully saturated rings. The maximum absolute atomic E-state index is 11.2. The van der Waals surface area contributed by atoms with E-state index < -0.39 is 12.0 Å². The summed E-state index contributed by atoms with van der Waals surface area (Å²) in [5.41, 5.74) is 0.980. The van der Waals surface area contributed by atoms with Crippen molar-refractivity contribution in [2.24, 2.45) is 0 Å². The molecular formula is C14H14N2O2. The van der Waals surface area contributed by atoms with Crippen LogP contribution >= 0.6 is 0 Å². The zero-order valence-corrected chi connectivity index (χ0v) is 9.78. The highest BCUT2D eigenvalue weighted by atomic mass is 16.4. The number of benzene rings is 1. The van der Waals surface area contributed by atoms with Crippen LogP contribution in [0.15, 0.2) is 54.7 Å². The number of aliphatic carboxylic acids is 1. The molecule has 2 aromatic rings. The lowest BCUT2D eigenvalue weighted by Gasteiger charge is -2.14. The molecule has 2 N–H and O–H groups in total. The van der Waals surface area contributed by atoms with Gasteiger partial charge in [0.2, 0.25) is 0 Å². The van der Waals surface area contributed by atoms with Gasteiger partial charge >= 0.3 is 5.97 Å². The molecule has 1 aromatic heterocycles. The molecule has 92 valence electrons. The van der Waals surface area contributed by atoms with Gasteiger partial charge in [0, 0.05) is 12.6 Å². The average molecular weight is 242 g/mol. The normalized spacial score (nSPS) is 11.8. The number of anilines is 1. The Labute approximate surface area is 105 Å². The van der Waals surface area contributed by atoms with Crippen molar-refractivity contribution in [3.8, 4) is 0 Å². The van der Waals surface area contributed by atoms with Gasteiger partial charge in [-0.15, -0.1) is 0 Å². The first-order valence-electron chi connectivity index (χ1n) is 5.70. The summed E-state index contributed by atoms with van der Waals surface area (Å²) in [4.78, 5) is 15.3. The fourth-order valence-electron chi connectivity index (χ4n) is 1.68. The molecule has 0 aliphatic rings. The quantitative estimate of drug-likeness (QED) is 0.843. The van der Waals surface area contributed by atoms with Gasteiger partial charge in [-0.3, -0.25) is 0 Å². The Morgan fingerprint density at radius 2 is 1.89 bits per heavy atom. The van der Waals surface area contributed by atoms with E-state index in [1.165, 1.54) is 0 Å². The van der Waals surface area contributed by atoms with Crippen LogP contribution in [0.25, 0.3) is 0 Å². The number of hydrogen-bond donors (Lipinski definition) is 2. The smallest absolute Gasteiger partial charge is 0.326 e. The van der Waals surface area contributed by atoms with Gasteiger partial charge in [-0.2, -0.15) is 0 Å². The highest BCUT2D eigenvalue weighted by Gasteiger charge is 2.17. The van der Waals surface area contributed by atoms with Gasteiger partial charge in [0.15, 0.2) is 0 Å². The first-order valence-corrected chi connectivity index (χ1v) is 5.70. The molecule has 1 atom stereocenters. The predicted octanol–water partition coefficient (Wildman–Crippen LogP) is 2.19. The molecule has 1 heterocycles. The molecule has 0 saturated heterocycles. The van der Waals surface area contributed by atoms with Gasteiger partial charge in [-0.1, -0.05) is 36.4 Å². The number of nitrogens with one attached hydrogen (secondary N) is 1. The molecule has 0 radical (unpaired) electrons. The zero-order valence-electron chi connectivity index (χ0n) is 9.78. The Hall–Kier alpha value is -2.36. The number of pyridine rings is 1. The van der Waals surface area contributed by atoms with E-state index in [0.717, 1.165) is 5.56 Å². The minimum Gasteiger partial charge on any atom is -0.480 e. The molecule has 0 aliphatic carbocycles. The number of rotatable bonds is 5. The van der Waals surface area contributed by atoms with E-state index in [-0.39, 0.29) is 0 Å². The number of aromatic nitrogens is 1. The Morgan fingerprint density at radius 1 is 1.17 bits per heavy atom. The van der Waals surface area contributed by atoms with Crippen molar-refractivity contribution in [2.45, 2.75) is 12.5 Å². The lowest BCUT2D eigenvalue weighted by atomic mass is 10.1. The van der Waals surface area contributed by atoms with Crippen LogP contribution in [0.2, 0.25) is 0 Å². The summed E-state index contributed by atoms with van der Waals surface area (Å²) in [6, 6.07) is 14.2. The zero-order chi connectivity index (χ0) is 12.8. The van der Waals surface area contributed by atoms with E-state index in [9.17, 15) is 9.90 Å². The molecule has 0 unspecified atom stereocenters. The van der Waals surface area contributed by atoms with Crippen molar-refractivity contribution >= 4 is 11.8 Å². The monoisotopic (exact) mass is 242 g/mol. The summed E-state index contributed by atoms with van der Waals surface area (Å²) in [6.45, 7) is 0. The van der Waals surface area contributed by atoms with Gasteiger partial charge in [0.1, 0.15) is 11.9 Å². The van der Waals surface area contributed by atoms with E-state index in [4.69, 9.17) is 0 Å². The molecule has 4 heteroatoms. The summed E-state index contributed by atoms with van der Waals surface area (Å²) in [5, 5.41) is 12.1. The van der Waals surface area contributed by atoms with E-state index in [1.54, 1.807) is 18.3 Å². The summed E-state index contributed by atoms with van der Waals surface area (Å²) < 4.78 is 0. The highest BCUT2D eigenvalue weighted by molar-refractivity contribution is 5.77. The van der Waals surface area contributed by atoms with Gasteiger partial charge in [-0.25, -0.2) is 9.78 Å². The van der Waals surface area contributed by atoms with E-state index >= 15 is 0 Å². The first-order chi connectivity index (χ1) is 8.75. The van der Waals surface area contributed by atoms with Crippen LogP contribution in [0.3, 0.4) is 0 Å². The molecule has 18 heavy (non-hydrogen) atoms. The van der Waals surface area contributed by atoms with Crippen LogP contribution in [0.4, 0.5) is 5.82 Å². The molecular weight excluding hydrogens is 228 g/mol. The van der Waals surface area contributed by atoms with Crippen LogP contribution in [0, 0.1) is 0 Å². The van der Waals surface area contributed by atoms with Gasteiger partial charge in [0.05, 0.1) is 0 Å². The Bertz CT molecular complexity index is 458. The molecule has 0 spiro atoms. The summed E-state index contributed by atoms with van der Waals surface area (Å²) in [5.74, 6) is -0.315. The van der Waals surface area contributed by atoms with Crippen molar-refractivity contribution in [1.82, 2.24) is 4.98 Å². The second kappa shape index (κ2) is 5.82. The van der Waals surface area contributed by atoms with Crippen molar-refractivity contribution in [2.75, 3.05) is 5.32 Å². The number of carbonyl (C=O) groups is 1. The minimum atomic E-state index is -0.885. The second-order valence-corrected chi connectivity index (χ2v) is 3.94. The third-order valence-corrected chi connectivity index (χ3v) is 2.57. The second-order valence-electron chi connectivity index (χ2n) is 3.94. The highest BCUT2D eigenvalue weighted by Crippen LogP contribution is 2.09. The van der Waals surface area contributed by atoms with Crippen LogP contribution in [-0.4, -0.2) is 22.1 Å². The summed E-state index contributed by atoms with van der Waals surface area (Å²) >= 11 is 0. The Morgan fingerprint density at radius 3 is 2.50 bits per heavy atom. The predicted molar refractivity (Wildman–Crippen MR) is 69.4 cm³/mol. The number of carboxylic acids is 1. The molecule has 4 nitrogen and oxygen atoms in total. The standard InChI is InChI=1S/C14H14N2O2/c17-14(18)12(10-11-6-2-1-3-7-11)16-13-8-4-5-9-15-13/h1-9,12H,10H2,(H,15,16)(H,17,18)/t12-/m0/s1. The average Bonchev–Trinajstić information content (AvgIpc) is 2.40. The molecule has 0 saturated carbocycles. The van der Waals surface area contributed by atoms with Crippen LogP contribution in [0.1, 0.15) is 5.56 Å². The van der Waals surface area contributed by atoms with Crippen molar-refractivity contribution in [3.05, 3.63) is 60.3 Å². The van der Waals surface area contributed by atoms with Crippen LogP contribution in [0.5, 0.6) is 0 Å². The maximum Gasteiger partial charge on any atom is 0.326 e. The lowest BCUT2D eigenvalue weighted by molar-refractivity contribution is -0.137. The van der Waals surface area contributed by atoms with Crippen molar-refractivity contribution in [3.63, 3.8) is 0 Å². The van der Waals surface area contributed by atoms with Crippen molar-refractivity contribution in [1.29, 1.82) is 0 Å². The van der Waals surface area contributed by atoms with Crippen LogP contribution < -0.4 is 5.32 Å². The molecule has 0 aliphatic heterocycles. The van der Waals surface area contributed by atoms with Gasteiger partial charge in [-0.05, 0) is 17.7 Å². The maximum atomic E-state index is 11.2. The molecule has 0 amide bonds.